The van der Waals surface area contributed by atoms with Gasteiger partial charge in [-0.3, -0.25) is 4.79 Å². The summed E-state index contributed by atoms with van der Waals surface area (Å²) >= 11 is 0. The maximum atomic E-state index is 12.0. The van der Waals surface area contributed by atoms with E-state index in [0.717, 1.165) is 25.9 Å². The zero-order chi connectivity index (χ0) is 14.5. The monoisotopic (exact) mass is 278 g/mol. The molecule has 0 spiro atoms. The summed E-state index contributed by atoms with van der Waals surface area (Å²) in [6.45, 7) is 1.22. The molecule has 0 unspecified atom stereocenters. The van der Waals surface area contributed by atoms with Crippen LogP contribution in [0.2, 0.25) is 0 Å². The molecule has 20 heavy (non-hydrogen) atoms. The predicted molar refractivity (Wildman–Crippen MR) is 73.5 cm³/mol. The second kappa shape index (κ2) is 6.27. The van der Waals surface area contributed by atoms with E-state index in [0.29, 0.717) is 11.4 Å². The number of anilines is 1. The number of hydrogen-bond acceptors (Lipinski definition) is 5. The average Bonchev–Trinajstić information content (AvgIpc) is 2.98. The number of ether oxygens (including phenoxy) is 2. The van der Waals surface area contributed by atoms with Crippen molar-refractivity contribution in [1.82, 2.24) is 4.90 Å². The smallest absolute Gasteiger partial charge is 0.342 e. The minimum atomic E-state index is -0.610. The molecule has 0 aliphatic carbocycles. The van der Waals surface area contributed by atoms with Crippen molar-refractivity contribution >= 4 is 17.6 Å². The van der Waals surface area contributed by atoms with E-state index in [4.69, 9.17) is 15.2 Å². The van der Waals surface area contributed by atoms with Crippen LogP contribution in [-0.2, 0) is 9.53 Å². The first kappa shape index (κ1) is 14.2. The number of nitrogen functional groups attached to an aromatic ring is 1. The topological polar surface area (TPSA) is 81.9 Å². The third kappa shape index (κ3) is 3.20. The molecule has 0 atom stereocenters. The number of carbonyl (C=O) groups is 2. The van der Waals surface area contributed by atoms with Gasteiger partial charge in [0.15, 0.2) is 6.61 Å². The molecule has 1 saturated heterocycles. The van der Waals surface area contributed by atoms with Gasteiger partial charge >= 0.3 is 5.97 Å². The molecule has 6 heteroatoms. The lowest BCUT2D eigenvalue weighted by atomic mass is 10.2. The van der Waals surface area contributed by atoms with Crippen LogP contribution in [0.1, 0.15) is 23.2 Å². The number of amides is 1. The van der Waals surface area contributed by atoms with E-state index >= 15 is 0 Å². The van der Waals surface area contributed by atoms with Crippen LogP contribution in [0.15, 0.2) is 18.2 Å². The lowest BCUT2D eigenvalue weighted by molar-refractivity contribution is -0.133. The van der Waals surface area contributed by atoms with Crippen LogP contribution < -0.4 is 10.5 Å². The molecule has 1 amide bonds. The Hall–Kier alpha value is -2.24. The zero-order valence-electron chi connectivity index (χ0n) is 11.4. The van der Waals surface area contributed by atoms with Gasteiger partial charge in [-0.25, -0.2) is 4.79 Å². The first-order valence-corrected chi connectivity index (χ1v) is 6.50. The van der Waals surface area contributed by atoms with Crippen molar-refractivity contribution in [3.8, 4) is 5.75 Å². The minimum Gasteiger partial charge on any atom is -0.496 e. The summed E-state index contributed by atoms with van der Waals surface area (Å²) in [7, 11) is 1.46. The number of carbonyl (C=O) groups excluding carboxylic acids is 2. The molecule has 1 aromatic rings. The van der Waals surface area contributed by atoms with Crippen molar-refractivity contribution in [2.75, 3.05) is 32.5 Å². The molecule has 1 aromatic carbocycles. The summed E-state index contributed by atoms with van der Waals surface area (Å²) in [6.07, 6.45) is 2.01. The first-order valence-electron chi connectivity index (χ1n) is 6.50. The quantitative estimate of drug-likeness (QED) is 0.657. The standard InChI is InChI=1S/C14H18N2O4/c1-19-12-5-4-10(15)8-11(12)14(18)20-9-13(17)16-6-2-3-7-16/h4-5,8H,2-3,6-7,9,15H2,1H3. The summed E-state index contributed by atoms with van der Waals surface area (Å²) in [4.78, 5) is 25.5. The van der Waals surface area contributed by atoms with Crippen molar-refractivity contribution in [3.63, 3.8) is 0 Å². The van der Waals surface area contributed by atoms with Gasteiger partial charge in [-0.05, 0) is 31.0 Å². The maximum Gasteiger partial charge on any atom is 0.342 e. The fourth-order valence-electron chi connectivity index (χ4n) is 2.15. The van der Waals surface area contributed by atoms with Crippen molar-refractivity contribution in [2.24, 2.45) is 0 Å². The van der Waals surface area contributed by atoms with Crippen LogP contribution in [0, 0.1) is 0 Å². The molecule has 2 N–H and O–H groups in total. The Bertz CT molecular complexity index is 510. The van der Waals surface area contributed by atoms with Crippen molar-refractivity contribution in [2.45, 2.75) is 12.8 Å². The van der Waals surface area contributed by atoms with Gasteiger partial charge in [0.2, 0.25) is 0 Å². The molecule has 0 radical (unpaired) electrons. The highest BCUT2D eigenvalue weighted by atomic mass is 16.5. The van der Waals surface area contributed by atoms with E-state index in [9.17, 15) is 9.59 Å². The molecule has 1 aliphatic rings. The van der Waals surface area contributed by atoms with E-state index in [1.807, 2.05) is 0 Å². The number of nitrogens with zero attached hydrogens (tertiary/aromatic N) is 1. The number of nitrogens with two attached hydrogens (primary N) is 1. The third-order valence-corrected chi connectivity index (χ3v) is 3.23. The summed E-state index contributed by atoms with van der Waals surface area (Å²) in [5.74, 6) is -0.404. The Kier molecular flexibility index (Phi) is 4.45. The molecule has 0 bridgehead atoms. The summed E-state index contributed by atoms with van der Waals surface area (Å²) in [5, 5.41) is 0. The number of likely N-dealkylation sites (tertiary alicyclic amines) is 1. The molecule has 6 nitrogen and oxygen atoms in total. The van der Waals surface area contributed by atoms with E-state index in [1.165, 1.54) is 13.2 Å². The Morgan fingerprint density at radius 2 is 2.00 bits per heavy atom. The average molecular weight is 278 g/mol. The highest BCUT2D eigenvalue weighted by Crippen LogP contribution is 2.22. The predicted octanol–water partition coefficient (Wildman–Crippen LogP) is 1.06. The van der Waals surface area contributed by atoms with E-state index in [2.05, 4.69) is 0 Å². The molecular weight excluding hydrogens is 260 g/mol. The largest absolute Gasteiger partial charge is 0.496 e. The zero-order valence-corrected chi connectivity index (χ0v) is 11.4. The fraction of sp³-hybridized carbons (Fsp3) is 0.429. The number of benzene rings is 1. The first-order chi connectivity index (χ1) is 9.61. The van der Waals surface area contributed by atoms with Gasteiger partial charge in [0, 0.05) is 18.8 Å². The number of methoxy groups -OCH3 is 1. The second-order valence-electron chi connectivity index (χ2n) is 4.62. The normalized spacial score (nSPS) is 14.2. The maximum absolute atomic E-state index is 12.0. The number of rotatable bonds is 4. The SMILES string of the molecule is COc1ccc(N)cc1C(=O)OCC(=O)N1CCCC1. The third-order valence-electron chi connectivity index (χ3n) is 3.23. The van der Waals surface area contributed by atoms with Crippen LogP contribution in [0.4, 0.5) is 5.69 Å². The Morgan fingerprint density at radius 1 is 1.30 bits per heavy atom. The van der Waals surface area contributed by atoms with Gasteiger partial charge in [-0.1, -0.05) is 0 Å². The van der Waals surface area contributed by atoms with E-state index in [1.54, 1.807) is 17.0 Å². The van der Waals surface area contributed by atoms with Crippen LogP contribution in [0.3, 0.4) is 0 Å². The van der Waals surface area contributed by atoms with E-state index in [-0.39, 0.29) is 18.1 Å². The Balaban J connectivity index is 1.97. The Morgan fingerprint density at radius 3 is 2.65 bits per heavy atom. The van der Waals surface area contributed by atoms with Gasteiger partial charge in [0.1, 0.15) is 11.3 Å². The van der Waals surface area contributed by atoms with Crippen LogP contribution in [0.5, 0.6) is 5.75 Å². The molecule has 1 aliphatic heterocycles. The van der Waals surface area contributed by atoms with Gasteiger partial charge in [-0.15, -0.1) is 0 Å². The molecule has 0 aromatic heterocycles. The Labute approximate surface area is 117 Å². The number of esters is 1. The molecule has 108 valence electrons. The van der Waals surface area contributed by atoms with Crippen molar-refractivity contribution in [1.29, 1.82) is 0 Å². The minimum absolute atomic E-state index is 0.168. The van der Waals surface area contributed by atoms with Crippen molar-refractivity contribution in [3.05, 3.63) is 23.8 Å². The number of hydrogen-bond donors (Lipinski definition) is 1. The molecule has 2 rings (SSSR count). The summed E-state index contributed by atoms with van der Waals surface area (Å²) < 4.78 is 10.1. The van der Waals surface area contributed by atoms with Crippen LogP contribution >= 0.6 is 0 Å². The van der Waals surface area contributed by atoms with E-state index < -0.39 is 5.97 Å². The molecule has 1 heterocycles. The van der Waals surface area contributed by atoms with Gasteiger partial charge < -0.3 is 20.1 Å². The highest BCUT2D eigenvalue weighted by Gasteiger charge is 2.21. The van der Waals surface area contributed by atoms with Gasteiger partial charge in [-0.2, -0.15) is 0 Å². The van der Waals surface area contributed by atoms with Gasteiger partial charge in [0.05, 0.1) is 7.11 Å². The molecule has 0 saturated carbocycles. The molecule has 1 fully saturated rings. The fourth-order valence-corrected chi connectivity index (χ4v) is 2.15. The summed E-state index contributed by atoms with van der Waals surface area (Å²) in [5.41, 5.74) is 6.29. The van der Waals surface area contributed by atoms with Crippen LogP contribution in [0.25, 0.3) is 0 Å². The second-order valence-corrected chi connectivity index (χ2v) is 4.62. The summed E-state index contributed by atoms with van der Waals surface area (Å²) in [6, 6.07) is 4.70. The molecular formula is C14H18N2O4. The van der Waals surface area contributed by atoms with Crippen LogP contribution in [-0.4, -0.2) is 43.6 Å². The lowest BCUT2D eigenvalue weighted by Gasteiger charge is -2.15. The van der Waals surface area contributed by atoms with Crippen molar-refractivity contribution < 1.29 is 19.1 Å². The highest BCUT2D eigenvalue weighted by molar-refractivity contribution is 5.95. The lowest BCUT2D eigenvalue weighted by Crippen LogP contribution is -2.32. The van der Waals surface area contributed by atoms with Gasteiger partial charge in [0.25, 0.3) is 5.91 Å².